The highest BCUT2D eigenvalue weighted by Crippen LogP contribution is 2.31. The average molecular weight is 311 g/mol. The number of amides is 1. The molecule has 1 unspecified atom stereocenters. The van der Waals surface area contributed by atoms with Crippen LogP contribution >= 0.6 is 12.4 Å². The zero-order valence-corrected chi connectivity index (χ0v) is 12.6. The lowest BCUT2D eigenvalue weighted by molar-refractivity contribution is -0.118. The summed E-state index contributed by atoms with van der Waals surface area (Å²) in [5, 5.41) is 2.34. The van der Waals surface area contributed by atoms with E-state index in [0.717, 1.165) is 25.7 Å². The Kier molecular flexibility index (Phi) is 6.08. The van der Waals surface area contributed by atoms with E-state index in [9.17, 15) is 13.2 Å². The van der Waals surface area contributed by atoms with Crippen LogP contribution in [0.3, 0.4) is 0 Å². The molecule has 0 aromatic heterocycles. The summed E-state index contributed by atoms with van der Waals surface area (Å²) < 4.78 is 23.9. The molecule has 7 heteroatoms. The summed E-state index contributed by atoms with van der Waals surface area (Å²) in [4.78, 5) is 11.6. The van der Waals surface area contributed by atoms with Crippen LogP contribution < -0.4 is 11.1 Å². The van der Waals surface area contributed by atoms with Gasteiger partial charge in [-0.2, -0.15) is 0 Å². The summed E-state index contributed by atoms with van der Waals surface area (Å²) in [6.45, 7) is 0.393. The van der Waals surface area contributed by atoms with Crippen LogP contribution in [0.2, 0.25) is 0 Å². The van der Waals surface area contributed by atoms with Gasteiger partial charge in [0.1, 0.15) is 5.75 Å². The smallest absolute Gasteiger partial charge is 0.235 e. The predicted octanol–water partition coefficient (Wildman–Crippen LogP) is 0.619. The Labute approximate surface area is 121 Å². The van der Waals surface area contributed by atoms with E-state index in [1.165, 1.54) is 0 Å². The fourth-order valence-corrected chi connectivity index (χ4v) is 4.28. The van der Waals surface area contributed by atoms with Crippen molar-refractivity contribution in [1.29, 1.82) is 0 Å². The second kappa shape index (κ2) is 6.90. The Bertz CT molecular complexity index is 403. The van der Waals surface area contributed by atoms with Gasteiger partial charge in [-0.1, -0.05) is 12.8 Å². The molecule has 0 bridgehead atoms. The van der Waals surface area contributed by atoms with Crippen LogP contribution in [0.25, 0.3) is 0 Å². The Morgan fingerprint density at radius 3 is 2.32 bits per heavy atom. The summed E-state index contributed by atoms with van der Waals surface area (Å²) in [5.41, 5.74) is 5.85. The number of rotatable bonds is 6. The first-order valence-electron chi connectivity index (χ1n) is 6.73. The van der Waals surface area contributed by atoms with E-state index >= 15 is 0 Å². The average Bonchev–Trinajstić information content (AvgIpc) is 2.99. The minimum absolute atomic E-state index is 0. The molecule has 0 spiro atoms. The summed E-state index contributed by atoms with van der Waals surface area (Å²) in [6.07, 6.45) is 5.57. The van der Waals surface area contributed by atoms with Crippen molar-refractivity contribution in [3.8, 4) is 0 Å². The van der Waals surface area contributed by atoms with Crippen molar-refractivity contribution in [2.45, 2.75) is 49.8 Å². The van der Waals surface area contributed by atoms with Gasteiger partial charge in [-0.25, -0.2) is 8.42 Å². The zero-order chi connectivity index (χ0) is 13.2. The number of hydrogen-bond acceptors (Lipinski definition) is 4. The highest BCUT2D eigenvalue weighted by atomic mass is 35.5. The molecule has 2 fully saturated rings. The number of carbonyl (C=O) groups excluding carboxylic acids is 1. The van der Waals surface area contributed by atoms with Gasteiger partial charge >= 0.3 is 0 Å². The van der Waals surface area contributed by atoms with Crippen molar-refractivity contribution < 1.29 is 13.2 Å². The van der Waals surface area contributed by atoms with Gasteiger partial charge in [0.25, 0.3) is 0 Å². The van der Waals surface area contributed by atoms with Crippen molar-refractivity contribution >= 4 is 28.2 Å². The first kappa shape index (κ1) is 16.7. The maximum absolute atomic E-state index is 11.9. The maximum atomic E-state index is 11.9. The van der Waals surface area contributed by atoms with Crippen molar-refractivity contribution in [1.82, 2.24) is 5.32 Å². The lowest BCUT2D eigenvalue weighted by atomic mass is 10.2. The van der Waals surface area contributed by atoms with Crippen LogP contribution in [-0.2, 0) is 14.6 Å². The number of sulfone groups is 1. The highest BCUT2D eigenvalue weighted by molar-refractivity contribution is 7.92. The first-order valence-corrected chi connectivity index (χ1v) is 8.44. The Morgan fingerprint density at radius 2 is 1.79 bits per heavy atom. The van der Waals surface area contributed by atoms with Gasteiger partial charge in [0.2, 0.25) is 5.91 Å². The monoisotopic (exact) mass is 310 g/mol. The van der Waals surface area contributed by atoms with Gasteiger partial charge in [0.15, 0.2) is 9.84 Å². The van der Waals surface area contributed by atoms with E-state index in [4.69, 9.17) is 5.73 Å². The summed E-state index contributed by atoms with van der Waals surface area (Å²) in [6, 6.07) is -0.0249. The molecule has 0 radical (unpaired) electrons. The second-order valence-corrected chi connectivity index (χ2v) is 7.80. The maximum Gasteiger partial charge on any atom is 0.235 e. The summed E-state index contributed by atoms with van der Waals surface area (Å²) in [7, 11) is -3.26. The molecule has 3 N–H and O–H groups in total. The third-order valence-corrected chi connectivity index (χ3v) is 6.06. The molecule has 0 aliphatic heterocycles. The highest BCUT2D eigenvalue weighted by Gasteiger charge is 2.32. The normalized spacial score (nSPS) is 21.7. The van der Waals surface area contributed by atoms with E-state index in [0.29, 0.717) is 25.3 Å². The van der Waals surface area contributed by atoms with Gasteiger partial charge < -0.3 is 11.1 Å². The minimum Gasteiger partial charge on any atom is -0.354 e. The van der Waals surface area contributed by atoms with E-state index in [1.807, 2.05) is 0 Å². The van der Waals surface area contributed by atoms with E-state index in [2.05, 4.69) is 5.32 Å². The van der Waals surface area contributed by atoms with Crippen LogP contribution in [0.1, 0.15) is 38.5 Å². The van der Waals surface area contributed by atoms with E-state index in [1.54, 1.807) is 0 Å². The van der Waals surface area contributed by atoms with Crippen molar-refractivity contribution in [3.05, 3.63) is 0 Å². The number of halogens is 1. The van der Waals surface area contributed by atoms with Crippen LogP contribution in [0.5, 0.6) is 0 Å². The van der Waals surface area contributed by atoms with Crippen LogP contribution in [-0.4, -0.2) is 37.9 Å². The van der Waals surface area contributed by atoms with Crippen LogP contribution in [0.15, 0.2) is 0 Å². The van der Waals surface area contributed by atoms with Crippen LogP contribution in [0, 0.1) is 5.92 Å². The molecule has 0 heterocycles. The minimum atomic E-state index is -3.26. The predicted molar refractivity (Wildman–Crippen MR) is 77.0 cm³/mol. The molecule has 0 aromatic rings. The fraction of sp³-hybridized carbons (Fsp3) is 0.917. The molecule has 2 aliphatic rings. The van der Waals surface area contributed by atoms with E-state index < -0.39 is 15.7 Å². The van der Waals surface area contributed by atoms with Crippen molar-refractivity contribution in [2.24, 2.45) is 11.7 Å². The van der Waals surface area contributed by atoms with Gasteiger partial charge in [0.05, 0.1) is 5.25 Å². The molecule has 19 heavy (non-hydrogen) atoms. The molecular weight excluding hydrogens is 288 g/mol. The number of hydrogen-bond donors (Lipinski definition) is 2. The van der Waals surface area contributed by atoms with Gasteiger partial charge in [-0.3, -0.25) is 4.79 Å². The molecule has 0 aromatic carbocycles. The molecule has 2 aliphatic carbocycles. The number of nitrogens with one attached hydrogen (secondary N) is 1. The molecule has 1 atom stereocenters. The first-order chi connectivity index (χ1) is 8.49. The number of carbonyl (C=O) groups is 1. The van der Waals surface area contributed by atoms with Crippen molar-refractivity contribution in [3.63, 3.8) is 0 Å². The third kappa shape index (κ3) is 4.93. The van der Waals surface area contributed by atoms with Gasteiger partial charge in [0, 0.05) is 12.6 Å². The lowest BCUT2D eigenvalue weighted by Crippen LogP contribution is -2.41. The second-order valence-electron chi connectivity index (χ2n) is 5.52. The Balaban J connectivity index is 0.00000180. The fourth-order valence-electron chi connectivity index (χ4n) is 2.52. The van der Waals surface area contributed by atoms with E-state index in [-0.39, 0.29) is 29.5 Å². The summed E-state index contributed by atoms with van der Waals surface area (Å²) >= 11 is 0. The Morgan fingerprint density at radius 1 is 1.21 bits per heavy atom. The quantitative estimate of drug-likeness (QED) is 0.752. The molecule has 0 saturated heterocycles. The molecule has 112 valence electrons. The van der Waals surface area contributed by atoms with Gasteiger partial charge in [-0.05, 0) is 31.6 Å². The molecule has 2 saturated carbocycles. The largest absolute Gasteiger partial charge is 0.354 e. The SMILES string of the molecule is Cl.NC(CNC(=O)CS(=O)(=O)C1CCCC1)C1CC1. The lowest BCUT2D eigenvalue weighted by Gasteiger charge is -2.13. The molecule has 1 amide bonds. The molecule has 5 nitrogen and oxygen atoms in total. The summed E-state index contributed by atoms with van der Waals surface area (Å²) in [5.74, 6) is -0.274. The third-order valence-electron chi connectivity index (χ3n) is 3.90. The Hall–Kier alpha value is -0.330. The molecular formula is C12H23ClN2O3S. The molecule has 2 rings (SSSR count). The number of nitrogens with two attached hydrogens (primary N) is 1. The van der Waals surface area contributed by atoms with Gasteiger partial charge in [-0.15, -0.1) is 12.4 Å². The standard InChI is InChI=1S/C12H22N2O3S.ClH/c13-11(9-5-6-9)7-14-12(15)8-18(16,17)10-3-1-2-4-10;/h9-11H,1-8,13H2,(H,14,15);1H. The topological polar surface area (TPSA) is 89.3 Å². The zero-order valence-electron chi connectivity index (χ0n) is 11.0. The van der Waals surface area contributed by atoms with Crippen LogP contribution in [0.4, 0.5) is 0 Å². The van der Waals surface area contributed by atoms with Crippen molar-refractivity contribution in [2.75, 3.05) is 12.3 Å².